The fourth-order valence-corrected chi connectivity index (χ4v) is 3.03. The maximum absolute atomic E-state index is 5.84. The summed E-state index contributed by atoms with van der Waals surface area (Å²) in [6.45, 7) is 4.47. The summed E-state index contributed by atoms with van der Waals surface area (Å²) in [5.41, 5.74) is 2.93. The second-order valence-corrected chi connectivity index (χ2v) is 6.20. The van der Waals surface area contributed by atoms with Crippen LogP contribution < -0.4 is 10.1 Å². The van der Waals surface area contributed by atoms with E-state index in [4.69, 9.17) is 4.74 Å². The van der Waals surface area contributed by atoms with Crippen molar-refractivity contribution in [1.82, 2.24) is 15.0 Å². The second kappa shape index (κ2) is 7.41. The van der Waals surface area contributed by atoms with E-state index < -0.39 is 0 Å². The predicted octanol–water partition coefficient (Wildman–Crippen LogP) is 5.14. The number of aromatic nitrogens is 3. The zero-order valence-electron chi connectivity index (χ0n) is 15.3. The van der Waals surface area contributed by atoms with Crippen LogP contribution in [-0.4, -0.2) is 21.6 Å². The summed E-state index contributed by atoms with van der Waals surface area (Å²) in [7, 11) is 0. The van der Waals surface area contributed by atoms with Gasteiger partial charge in [0.2, 0.25) is 0 Å². The lowest BCUT2D eigenvalue weighted by Gasteiger charge is -2.13. The van der Waals surface area contributed by atoms with Crippen molar-refractivity contribution >= 4 is 22.4 Å². The molecule has 1 aromatic carbocycles. The van der Waals surface area contributed by atoms with E-state index in [1.54, 1.807) is 0 Å². The number of fused-ring (bicyclic) bond motifs is 1. The van der Waals surface area contributed by atoms with Crippen molar-refractivity contribution in [2.45, 2.75) is 13.8 Å². The third-order valence-electron chi connectivity index (χ3n) is 4.27. The third kappa shape index (κ3) is 3.58. The van der Waals surface area contributed by atoms with Gasteiger partial charge in [-0.05, 0) is 37.4 Å². The molecule has 3 aromatic heterocycles. The van der Waals surface area contributed by atoms with E-state index in [9.17, 15) is 0 Å². The molecule has 0 aliphatic carbocycles. The minimum absolute atomic E-state index is 0.550. The summed E-state index contributed by atoms with van der Waals surface area (Å²) >= 11 is 0. The number of hydrogen-bond acceptors (Lipinski definition) is 5. The van der Waals surface area contributed by atoms with Crippen LogP contribution in [0.3, 0.4) is 0 Å². The lowest BCUT2D eigenvalue weighted by Crippen LogP contribution is -2.02. The molecule has 0 bridgehead atoms. The van der Waals surface area contributed by atoms with Gasteiger partial charge in [-0.25, -0.2) is 9.97 Å². The van der Waals surface area contributed by atoms with E-state index in [1.165, 1.54) is 0 Å². The fraction of sp³-hybridized carbons (Fsp3) is 0.136. The van der Waals surface area contributed by atoms with Crippen molar-refractivity contribution in [3.05, 3.63) is 72.8 Å². The van der Waals surface area contributed by atoms with E-state index >= 15 is 0 Å². The number of anilines is 2. The van der Waals surface area contributed by atoms with Crippen LogP contribution in [0.4, 0.5) is 11.6 Å². The van der Waals surface area contributed by atoms with Crippen LogP contribution in [0, 0.1) is 6.92 Å². The molecule has 0 saturated carbocycles. The largest absolute Gasteiger partial charge is 0.490 e. The highest BCUT2D eigenvalue weighted by atomic mass is 16.5. The highest BCUT2D eigenvalue weighted by molar-refractivity contribution is 5.95. The molecule has 4 rings (SSSR count). The summed E-state index contributed by atoms with van der Waals surface area (Å²) in [6, 6.07) is 16.0. The Balaban J connectivity index is 1.76. The van der Waals surface area contributed by atoms with Gasteiger partial charge in [-0.15, -0.1) is 0 Å². The van der Waals surface area contributed by atoms with Crippen LogP contribution in [0.15, 0.2) is 67.1 Å². The van der Waals surface area contributed by atoms with Crippen LogP contribution in [0.25, 0.3) is 21.9 Å². The SMILES string of the molecule is CCOc1cc(-c2cncc3ccccc23)cnc1Nc1cccc(C)n1. The quantitative estimate of drug-likeness (QED) is 0.536. The fourth-order valence-electron chi connectivity index (χ4n) is 3.03. The van der Waals surface area contributed by atoms with E-state index in [2.05, 4.69) is 32.4 Å². The molecule has 0 aliphatic rings. The van der Waals surface area contributed by atoms with Gasteiger partial charge in [0.1, 0.15) is 5.82 Å². The Morgan fingerprint density at radius 2 is 1.89 bits per heavy atom. The number of pyridine rings is 3. The smallest absolute Gasteiger partial charge is 0.174 e. The number of ether oxygens (including phenoxy) is 1. The molecule has 0 aliphatic heterocycles. The van der Waals surface area contributed by atoms with Gasteiger partial charge in [-0.3, -0.25) is 4.98 Å². The maximum atomic E-state index is 5.84. The Kier molecular flexibility index (Phi) is 4.66. The van der Waals surface area contributed by atoms with Gasteiger partial charge in [0.05, 0.1) is 6.61 Å². The summed E-state index contributed by atoms with van der Waals surface area (Å²) in [5, 5.41) is 5.48. The maximum Gasteiger partial charge on any atom is 0.174 e. The van der Waals surface area contributed by atoms with Gasteiger partial charge in [-0.2, -0.15) is 0 Å². The molecule has 5 heteroatoms. The molecule has 134 valence electrons. The molecular formula is C22H20N4O. The summed E-state index contributed by atoms with van der Waals surface area (Å²) in [4.78, 5) is 13.4. The van der Waals surface area contributed by atoms with Gasteiger partial charge in [0, 0.05) is 40.8 Å². The molecule has 27 heavy (non-hydrogen) atoms. The van der Waals surface area contributed by atoms with Crippen LogP contribution in [0.1, 0.15) is 12.6 Å². The molecule has 0 amide bonds. The van der Waals surface area contributed by atoms with Crippen molar-refractivity contribution in [3.63, 3.8) is 0 Å². The minimum atomic E-state index is 0.550. The number of nitrogens with zero attached hydrogens (tertiary/aromatic N) is 3. The monoisotopic (exact) mass is 356 g/mol. The van der Waals surface area contributed by atoms with Crippen molar-refractivity contribution in [3.8, 4) is 16.9 Å². The molecule has 4 aromatic rings. The Hall–Kier alpha value is -3.47. The van der Waals surface area contributed by atoms with E-state index in [0.29, 0.717) is 18.2 Å². The lowest BCUT2D eigenvalue weighted by atomic mass is 10.0. The molecule has 0 atom stereocenters. The van der Waals surface area contributed by atoms with Gasteiger partial charge >= 0.3 is 0 Å². The normalized spacial score (nSPS) is 10.7. The molecule has 3 heterocycles. The van der Waals surface area contributed by atoms with Crippen LogP contribution in [0.2, 0.25) is 0 Å². The Morgan fingerprint density at radius 1 is 1.00 bits per heavy atom. The average Bonchev–Trinajstić information content (AvgIpc) is 2.69. The Morgan fingerprint density at radius 3 is 2.74 bits per heavy atom. The molecule has 0 fully saturated rings. The number of nitrogens with one attached hydrogen (secondary N) is 1. The van der Waals surface area contributed by atoms with E-state index in [1.807, 2.05) is 68.8 Å². The van der Waals surface area contributed by atoms with Crippen molar-refractivity contribution in [1.29, 1.82) is 0 Å². The minimum Gasteiger partial charge on any atom is -0.490 e. The van der Waals surface area contributed by atoms with Crippen LogP contribution in [0.5, 0.6) is 5.75 Å². The van der Waals surface area contributed by atoms with Crippen LogP contribution >= 0.6 is 0 Å². The summed E-state index contributed by atoms with van der Waals surface area (Å²) in [5.74, 6) is 2.07. The van der Waals surface area contributed by atoms with E-state index in [-0.39, 0.29) is 0 Å². The summed E-state index contributed by atoms with van der Waals surface area (Å²) in [6.07, 6.45) is 5.57. The molecule has 5 nitrogen and oxygen atoms in total. The number of hydrogen-bond donors (Lipinski definition) is 1. The average molecular weight is 356 g/mol. The molecule has 0 radical (unpaired) electrons. The van der Waals surface area contributed by atoms with Gasteiger partial charge in [0.15, 0.2) is 11.6 Å². The van der Waals surface area contributed by atoms with Gasteiger partial charge in [0.25, 0.3) is 0 Å². The van der Waals surface area contributed by atoms with Crippen molar-refractivity contribution < 1.29 is 4.74 Å². The topological polar surface area (TPSA) is 59.9 Å². The highest BCUT2D eigenvalue weighted by Crippen LogP contribution is 2.33. The molecular weight excluding hydrogens is 336 g/mol. The zero-order chi connectivity index (χ0) is 18.6. The first-order valence-corrected chi connectivity index (χ1v) is 8.91. The first-order valence-electron chi connectivity index (χ1n) is 8.91. The first kappa shape index (κ1) is 17.0. The first-order chi connectivity index (χ1) is 13.2. The zero-order valence-corrected chi connectivity index (χ0v) is 15.3. The third-order valence-corrected chi connectivity index (χ3v) is 4.27. The molecule has 0 unspecified atom stereocenters. The number of aryl methyl sites for hydroxylation is 1. The Bertz CT molecular complexity index is 1090. The molecule has 0 saturated heterocycles. The Labute approximate surface area is 158 Å². The molecule has 0 spiro atoms. The van der Waals surface area contributed by atoms with E-state index in [0.717, 1.165) is 33.4 Å². The number of rotatable bonds is 5. The van der Waals surface area contributed by atoms with Crippen molar-refractivity contribution in [2.24, 2.45) is 0 Å². The predicted molar refractivity (Wildman–Crippen MR) is 108 cm³/mol. The lowest BCUT2D eigenvalue weighted by molar-refractivity contribution is 0.341. The standard InChI is InChI=1S/C22H20N4O/c1-3-27-20-11-17(19-14-23-12-16-8-4-5-9-18(16)19)13-24-22(20)26-21-10-6-7-15(2)25-21/h4-14H,3H2,1-2H3,(H,24,25,26). The second-order valence-electron chi connectivity index (χ2n) is 6.20. The summed E-state index contributed by atoms with van der Waals surface area (Å²) < 4.78 is 5.84. The van der Waals surface area contributed by atoms with Gasteiger partial charge in [-0.1, -0.05) is 30.3 Å². The van der Waals surface area contributed by atoms with Crippen LogP contribution in [-0.2, 0) is 0 Å². The highest BCUT2D eigenvalue weighted by Gasteiger charge is 2.11. The molecule has 1 N–H and O–H groups in total. The van der Waals surface area contributed by atoms with Crippen molar-refractivity contribution in [2.75, 3.05) is 11.9 Å². The number of benzene rings is 1. The van der Waals surface area contributed by atoms with Gasteiger partial charge < -0.3 is 10.1 Å².